The summed E-state index contributed by atoms with van der Waals surface area (Å²) in [5.41, 5.74) is -0.445. The van der Waals surface area contributed by atoms with Crippen LogP contribution < -0.4 is 4.72 Å². The van der Waals surface area contributed by atoms with Gasteiger partial charge in [-0.3, -0.25) is 0 Å². The molecule has 0 bridgehead atoms. The van der Waals surface area contributed by atoms with E-state index in [2.05, 4.69) is 9.88 Å². The normalized spacial score (nSPS) is 14.0. The molecule has 1 heterocycles. The van der Waals surface area contributed by atoms with Crippen LogP contribution in [0, 0.1) is 13.8 Å². The number of halogens is 3. The number of aryl methyl sites for hydroxylation is 2. The lowest BCUT2D eigenvalue weighted by Gasteiger charge is -2.16. The minimum absolute atomic E-state index is 0.101. The van der Waals surface area contributed by atoms with Crippen molar-refractivity contribution in [2.75, 3.05) is 0 Å². The van der Waals surface area contributed by atoms with Crippen LogP contribution in [0.4, 0.5) is 13.2 Å². The van der Waals surface area contributed by atoms with Crippen LogP contribution in [0.15, 0.2) is 33.7 Å². The second-order valence-electron chi connectivity index (χ2n) is 5.12. The highest BCUT2D eigenvalue weighted by Gasteiger charge is 2.31. The first-order valence-corrected chi connectivity index (χ1v) is 8.13. The fourth-order valence-corrected chi connectivity index (χ4v) is 3.76. The average Bonchev–Trinajstić information content (AvgIpc) is 2.77. The van der Waals surface area contributed by atoms with Crippen molar-refractivity contribution < 1.29 is 26.1 Å². The highest BCUT2D eigenvalue weighted by atomic mass is 32.2. The average molecular weight is 348 g/mol. The molecule has 0 aliphatic heterocycles. The third-order valence-electron chi connectivity index (χ3n) is 3.28. The number of aromatic nitrogens is 1. The highest BCUT2D eigenvalue weighted by Crippen LogP contribution is 2.31. The Bertz CT molecular complexity index is 793. The second-order valence-corrected chi connectivity index (χ2v) is 6.77. The summed E-state index contributed by atoms with van der Waals surface area (Å²) in [6, 6.07) is 3.66. The zero-order valence-electron chi connectivity index (χ0n) is 12.6. The Morgan fingerprint density at radius 1 is 1.26 bits per heavy atom. The summed E-state index contributed by atoms with van der Waals surface area (Å²) < 4.78 is 70.1. The smallest absolute Gasteiger partial charge is 0.360 e. The van der Waals surface area contributed by atoms with Gasteiger partial charge in [-0.15, -0.1) is 0 Å². The molecule has 0 saturated carbocycles. The highest BCUT2D eigenvalue weighted by molar-refractivity contribution is 7.89. The van der Waals surface area contributed by atoms with Crippen LogP contribution >= 0.6 is 0 Å². The van der Waals surface area contributed by atoms with E-state index in [9.17, 15) is 21.6 Å². The summed E-state index contributed by atoms with van der Waals surface area (Å²) in [7, 11) is -3.96. The van der Waals surface area contributed by atoms with Crippen LogP contribution in [0.2, 0.25) is 0 Å². The van der Waals surface area contributed by atoms with E-state index < -0.39 is 27.8 Å². The molecule has 9 heteroatoms. The number of benzene rings is 1. The maximum atomic E-state index is 12.7. The van der Waals surface area contributed by atoms with Crippen molar-refractivity contribution in [3.63, 3.8) is 0 Å². The van der Waals surface area contributed by atoms with Crippen molar-refractivity contribution in [2.45, 2.75) is 37.9 Å². The van der Waals surface area contributed by atoms with E-state index in [0.717, 1.165) is 12.1 Å². The number of nitrogens with zero attached hydrogens (tertiary/aromatic N) is 1. The van der Waals surface area contributed by atoms with Gasteiger partial charge in [-0.1, -0.05) is 17.3 Å². The molecular weight excluding hydrogens is 333 g/mol. The molecule has 0 amide bonds. The maximum absolute atomic E-state index is 12.7. The lowest BCUT2D eigenvalue weighted by Crippen LogP contribution is -2.27. The first-order chi connectivity index (χ1) is 10.5. The summed E-state index contributed by atoms with van der Waals surface area (Å²) in [6.07, 6.45) is -4.49. The van der Waals surface area contributed by atoms with Crippen molar-refractivity contribution in [2.24, 2.45) is 0 Å². The first kappa shape index (κ1) is 17.5. The number of alkyl halides is 3. The van der Waals surface area contributed by atoms with Crippen LogP contribution in [0.5, 0.6) is 0 Å². The van der Waals surface area contributed by atoms with E-state index in [4.69, 9.17) is 4.52 Å². The Morgan fingerprint density at radius 3 is 2.43 bits per heavy atom. The summed E-state index contributed by atoms with van der Waals surface area (Å²) in [5.74, 6) is 0.117. The summed E-state index contributed by atoms with van der Waals surface area (Å²) in [5, 5.41) is 3.57. The maximum Gasteiger partial charge on any atom is 0.416 e. The minimum atomic E-state index is -4.49. The Morgan fingerprint density at radius 2 is 1.91 bits per heavy atom. The first-order valence-electron chi connectivity index (χ1n) is 6.64. The second kappa shape index (κ2) is 5.97. The number of hydrogen-bond donors (Lipinski definition) is 1. The molecule has 2 aromatic rings. The largest absolute Gasteiger partial charge is 0.416 e. The van der Waals surface area contributed by atoms with E-state index in [1.165, 1.54) is 32.9 Å². The molecular formula is C14H15F3N2O3S. The predicted molar refractivity (Wildman–Crippen MR) is 76.2 cm³/mol. The zero-order chi connectivity index (χ0) is 17.4. The minimum Gasteiger partial charge on any atom is -0.360 e. The Balaban J connectivity index is 2.31. The molecule has 0 spiro atoms. The molecule has 1 atom stereocenters. The molecule has 126 valence electrons. The lowest BCUT2D eigenvalue weighted by atomic mass is 10.1. The fourth-order valence-electron chi connectivity index (χ4n) is 2.20. The number of sulfonamides is 1. The molecule has 0 aliphatic carbocycles. The van der Waals surface area contributed by atoms with Crippen molar-refractivity contribution in [1.82, 2.24) is 9.88 Å². The number of rotatable bonds is 4. The molecule has 0 saturated heterocycles. The van der Waals surface area contributed by atoms with E-state index in [0.29, 0.717) is 0 Å². The van der Waals surface area contributed by atoms with Crippen LogP contribution in [-0.4, -0.2) is 13.6 Å². The molecule has 1 aromatic heterocycles. The van der Waals surface area contributed by atoms with Crippen molar-refractivity contribution in [1.29, 1.82) is 0 Å². The molecule has 0 fully saturated rings. The van der Waals surface area contributed by atoms with E-state index >= 15 is 0 Å². The van der Waals surface area contributed by atoms with E-state index in [1.807, 2.05) is 0 Å². The summed E-state index contributed by atoms with van der Waals surface area (Å²) in [6.45, 7) is 4.38. The summed E-state index contributed by atoms with van der Waals surface area (Å²) >= 11 is 0. The summed E-state index contributed by atoms with van der Waals surface area (Å²) in [4.78, 5) is -0.101. The molecule has 5 nitrogen and oxygen atoms in total. The van der Waals surface area contributed by atoms with Gasteiger partial charge >= 0.3 is 6.18 Å². The van der Waals surface area contributed by atoms with Gasteiger partial charge < -0.3 is 4.52 Å². The molecule has 1 N–H and O–H groups in total. The van der Waals surface area contributed by atoms with Crippen molar-refractivity contribution in [3.05, 3.63) is 46.8 Å². The fraction of sp³-hybridized carbons (Fsp3) is 0.357. The third kappa shape index (κ3) is 3.73. The predicted octanol–water partition coefficient (Wildman–Crippen LogP) is 3.35. The monoisotopic (exact) mass is 348 g/mol. The van der Waals surface area contributed by atoms with Crippen LogP contribution in [0.25, 0.3) is 0 Å². The lowest BCUT2D eigenvalue weighted by molar-refractivity contribution is -0.137. The molecule has 0 aliphatic rings. The standard InChI is InChI=1S/C14H15F3N2O3S/c1-8(11-5-4-6-12(7-11)14(15,16)17)19-23(20,21)13-9(2)18-22-10(13)3/h4-8,19H,1-3H3. The quantitative estimate of drug-likeness (QED) is 0.920. The van der Waals surface area contributed by atoms with Gasteiger partial charge in [-0.05, 0) is 38.5 Å². The topological polar surface area (TPSA) is 72.2 Å². The van der Waals surface area contributed by atoms with Crippen molar-refractivity contribution in [3.8, 4) is 0 Å². The molecule has 23 heavy (non-hydrogen) atoms. The zero-order valence-corrected chi connectivity index (χ0v) is 13.4. The van der Waals surface area contributed by atoms with Gasteiger partial charge in [0.15, 0.2) is 5.76 Å². The van der Waals surface area contributed by atoms with E-state index in [-0.39, 0.29) is 21.9 Å². The van der Waals surface area contributed by atoms with Crippen LogP contribution in [-0.2, 0) is 16.2 Å². The van der Waals surface area contributed by atoms with Gasteiger partial charge in [0.05, 0.1) is 5.56 Å². The van der Waals surface area contributed by atoms with Gasteiger partial charge in [0.2, 0.25) is 10.0 Å². The Labute approximate surface area is 131 Å². The Hall–Kier alpha value is -1.87. The SMILES string of the molecule is Cc1noc(C)c1S(=O)(=O)NC(C)c1cccc(C(F)(F)F)c1. The van der Waals surface area contributed by atoms with Crippen LogP contribution in [0.3, 0.4) is 0 Å². The van der Waals surface area contributed by atoms with Gasteiger partial charge in [0.25, 0.3) is 0 Å². The number of nitrogens with one attached hydrogen (secondary N) is 1. The van der Waals surface area contributed by atoms with Crippen LogP contribution in [0.1, 0.15) is 35.5 Å². The molecule has 1 unspecified atom stereocenters. The molecule has 2 rings (SSSR count). The van der Waals surface area contributed by atoms with Gasteiger partial charge in [0.1, 0.15) is 10.6 Å². The van der Waals surface area contributed by atoms with Crippen molar-refractivity contribution >= 4 is 10.0 Å². The van der Waals surface area contributed by atoms with Gasteiger partial charge in [-0.2, -0.15) is 13.2 Å². The number of hydrogen-bond acceptors (Lipinski definition) is 4. The van der Waals surface area contributed by atoms with Gasteiger partial charge in [-0.25, -0.2) is 13.1 Å². The Kier molecular flexibility index (Phi) is 4.54. The third-order valence-corrected chi connectivity index (χ3v) is 5.07. The van der Waals surface area contributed by atoms with E-state index in [1.54, 1.807) is 0 Å². The molecule has 0 radical (unpaired) electrons. The van der Waals surface area contributed by atoms with Gasteiger partial charge in [0, 0.05) is 6.04 Å². The molecule has 1 aromatic carbocycles.